The van der Waals surface area contributed by atoms with Crippen LogP contribution in [-0.4, -0.2) is 28.2 Å². The van der Waals surface area contributed by atoms with Gasteiger partial charge in [0.2, 0.25) is 0 Å². The van der Waals surface area contributed by atoms with E-state index >= 15 is 0 Å². The van der Waals surface area contributed by atoms with Crippen LogP contribution in [0.25, 0.3) is 0 Å². The van der Waals surface area contributed by atoms with Gasteiger partial charge in [-0.1, -0.05) is 20.8 Å². The van der Waals surface area contributed by atoms with Gasteiger partial charge in [0.25, 0.3) is 0 Å². The minimum atomic E-state index is -0.743. The van der Waals surface area contributed by atoms with Crippen molar-refractivity contribution in [2.24, 2.45) is 11.8 Å². The van der Waals surface area contributed by atoms with Gasteiger partial charge in [-0.3, -0.25) is 4.79 Å². The van der Waals surface area contributed by atoms with E-state index in [1.165, 1.54) is 6.92 Å². The molecule has 3 nitrogen and oxygen atoms in total. The highest BCUT2D eigenvalue weighted by Gasteiger charge is 2.31. The Labute approximate surface area is 79.8 Å². The van der Waals surface area contributed by atoms with Crippen LogP contribution in [0.4, 0.5) is 0 Å². The molecule has 0 radical (unpaired) electrons. The van der Waals surface area contributed by atoms with Gasteiger partial charge in [-0.05, 0) is 19.3 Å². The Kier molecular flexibility index (Phi) is 5.18. The number of Topliss-reactive ketones (excluding diaryl/α,β-unsaturated/α-hetero) is 1. The highest BCUT2D eigenvalue weighted by atomic mass is 16.3. The summed E-state index contributed by atoms with van der Waals surface area (Å²) in [4.78, 5) is 11.2. The number of aliphatic hydroxyl groups is 2. The van der Waals surface area contributed by atoms with Crippen LogP contribution in [0.2, 0.25) is 0 Å². The zero-order chi connectivity index (χ0) is 10.6. The molecule has 0 aromatic carbocycles. The summed E-state index contributed by atoms with van der Waals surface area (Å²) in [6.07, 6.45) is -0.976. The molecule has 3 heteroatoms. The molecule has 0 aliphatic carbocycles. The third-order valence-electron chi connectivity index (χ3n) is 2.35. The van der Waals surface area contributed by atoms with Gasteiger partial charge in [0, 0.05) is 0 Å². The third-order valence-corrected chi connectivity index (χ3v) is 2.35. The molecule has 13 heavy (non-hydrogen) atoms. The van der Waals surface area contributed by atoms with Crippen molar-refractivity contribution < 1.29 is 15.0 Å². The summed E-state index contributed by atoms with van der Waals surface area (Å²) in [6, 6.07) is 0. The summed E-state index contributed by atoms with van der Waals surface area (Å²) >= 11 is 0. The predicted octanol–water partition coefficient (Wildman–Crippen LogP) is 0.979. The first-order valence-electron chi connectivity index (χ1n) is 4.78. The second-order valence-corrected chi connectivity index (χ2v) is 3.85. The number of aliphatic hydroxyl groups excluding tert-OH is 2. The maximum Gasteiger partial charge on any atom is 0.138 e. The van der Waals surface area contributed by atoms with Gasteiger partial charge in [0.15, 0.2) is 0 Å². The first-order valence-corrected chi connectivity index (χ1v) is 4.78. The van der Waals surface area contributed by atoms with Crippen molar-refractivity contribution in [3.8, 4) is 0 Å². The molecule has 0 saturated heterocycles. The van der Waals surface area contributed by atoms with E-state index < -0.39 is 18.1 Å². The summed E-state index contributed by atoms with van der Waals surface area (Å²) in [5, 5.41) is 19.2. The van der Waals surface area contributed by atoms with Gasteiger partial charge < -0.3 is 10.2 Å². The SMILES string of the molecule is CC[C@@H](O)[C@H](C(C)=O)[C@@H](O)C(C)C. The number of carbonyl (C=O) groups excluding carboxylic acids is 1. The molecule has 0 bridgehead atoms. The molecule has 0 aliphatic heterocycles. The lowest BCUT2D eigenvalue weighted by Gasteiger charge is -2.27. The van der Waals surface area contributed by atoms with Gasteiger partial charge in [0.05, 0.1) is 18.1 Å². The zero-order valence-corrected chi connectivity index (χ0v) is 8.82. The Morgan fingerprint density at radius 2 is 1.77 bits per heavy atom. The van der Waals surface area contributed by atoms with E-state index in [0.29, 0.717) is 6.42 Å². The van der Waals surface area contributed by atoms with E-state index in [9.17, 15) is 15.0 Å². The minimum absolute atomic E-state index is 0.00454. The number of rotatable bonds is 5. The van der Waals surface area contributed by atoms with Crippen LogP contribution in [-0.2, 0) is 4.79 Å². The van der Waals surface area contributed by atoms with Crippen molar-refractivity contribution in [1.29, 1.82) is 0 Å². The van der Waals surface area contributed by atoms with Gasteiger partial charge in [-0.2, -0.15) is 0 Å². The van der Waals surface area contributed by atoms with E-state index in [2.05, 4.69) is 0 Å². The van der Waals surface area contributed by atoms with Crippen LogP contribution < -0.4 is 0 Å². The largest absolute Gasteiger partial charge is 0.392 e. The molecule has 0 spiro atoms. The van der Waals surface area contributed by atoms with Crippen molar-refractivity contribution in [1.82, 2.24) is 0 Å². The van der Waals surface area contributed by atoms with E-state index in [-0.39, 0.29) is 11.7 Å². The Bertz CT molecular complexity index is 166. The van der Waals surface area contributed by atoms with Crippen LogP contribution in [0.5, 0.6) is 0 Å². The molecule has 0 aromatic heterocycles. The van der Waals surface area contributed by atoms with Crippen molar-refractivity contribution in [3.63, 3.8) is 0 Å². The smallest absolute Gasteiger partial charge is 0.138 e. The molecule has 0 aliphatic rings. The summed E-state index contributed by atoms with van der Waals surface area (Å²) < 4.78 is 0. The van der Waals surface area contributed by atoms with E-state index in [4.69, 9.17) is 0 Å². The molecule has 2 N–H and O–H groups in total. The summed E-state index contributed by atoms with van der Waals surface area (Å²) in [7, 11) is 0. The Hall–Kier alpha value is -0.410. The first kappa shape index (κ1) is 12.6. The van der Waals surface area contributed by atoms with E-state index in [1.807, 2.05) is 13.8 Å². The Morgan fingerprint density at radius 1 is 1.31 bits per heavy atom. The average Bonchev–Trinajstić information content (AvgIpc) is 2.03. The quantitative estimate of drug-likeness (QED) is 0.676. The fraction of sp³-hybridized carbons (Fsp3) is 0.900. The monoisotopic (exact) mass is 188 g/mol. The summed E-state index contributed by atoms with van der Waals surface area (Å²) in [5.41, 5.74) is 0. The molecule has 0 aromatic rings. The topological polar surface area (TPSA) is 57.5 Å². The van der Waals surface area contributed by atoms with Crippen molar-refractivity contribution in [2.75, 3.05) is 0 Å². The fourth-order valence-corrected chi connectivity index (χ4v) is 1.41. The standard InChI is InChI=1S/C10H20O3/c1-5-8(12)9(7(4)11)10(13)6(2)3/h6,8-10,12-13H,5H2,1-4H3/t8-,9+,10+/m1/s1. The first-order chi connectivity index (χ1) is 5.91. The lowest BCUT2D eigenvalue weighted by molar-refractivity contribution is -0.131. The van der Waals surface area contributed by atoms with E-state index in [0.717, 1.165) is 0 Å². The molecular formula is C10H20O3. The third kappa shape index (κ3) is 3.44. The number of hydrogen-bond donors (Lipinski definition) is 2. The zero-order valence-electron chi connectivity index (χ0n) is 8.82. The highest BCUT2D eigenvalue weighted by molar-refractivity contribution is 5.79. The normalized spacial score (nSPS) is 18.4. The highest BCUT2D eigenvalue weighted by Crippen LogP contribution is 2.19. The maximum absolute atomic E-state index is 11.2. The van der Waals surface area contributed by atoms with Gasteiger partial charge in [-0.15, -0.1) is 0 Å². The van der Waals surface area contributed by atoms with E-state index in [1.54, 1.807) is 6.92 Å². The van der Waals surface area contributed by atoms with Crippen LogP contribution in [0.3, 0.4) is 0 Å². The molecule has 0 heterocycles. The van der Waals surface area contributed by atoms with Gasteiger partial charge >= 0.3 is 0 Å². The lowest BCUT2D eigenvalue weighted by atomic mass is 9.85. The number of hydrogen-bond acceptors (Lipinski definition) is 3. The Balaban J connectivity index is 4.50. The molecule has 0 amide bonds. The van der Waals surface area contributed by atoms with Crippen LogP contribution >= 0.6 is 0 Å². The molecule has 78 valence electrons. The molecule has 0 saturated carbocycles. The van der Waals surface area contributed by atoms with Gasteiger partial charge in [0.1, 0.15) is 5.78 Å². The van der Waals surface area contributed by atoms with Gasteiger partial charge in [-0.25, -0.2) is 0 Å². The Morgan fingerprint density at radius 3 is 2.00 bits per heavy atom. The van der Waals surface area contributed by atoms with Crippen molar-refractivity contribution in [2.45, 2.75) is 46.3 Å². The predicted molar refractivity (Wildman–Crippen MR) is 51.3 cm³/mol. The molecule has 0 unspecified atom stereocenters. The lowest BCUT2D eigenvalue weighted by Crippen LogP contribution is -2.39. The van der Waals surface area contributed by atoms with Crippen molar-refractivity contribution in [3.05, 3.63) is 0 Å². The molecule has 0 rings (SSSR count). The summed E-state index contributed by atoms with van der Waals surface area (Å²) in [6.45, 7) is 6.88. The van der Waals surface area contributed by atoms with Crippen LogP contribution in [0.1, 0.15) is 34.1 Å². The minimum Gasteiger partial charge on any atom is -0.392 e. The van der Waals surface area contributed by atoms with Crippen molar-refractivity contribution >= 4 is 5.78 Å². The molecule has 3 atom stereocenters. The molecular weight excluding hydrogens is 168 g/mol. The fourth-order valence-electron chi connectivity index (χ4n) is 1.41. The number of ketones is 1. The molecule has 0 fully saturated rings. The second-order valence-electron chi connectivity index (χ2n) is 3.85. The van der Waals surface area contributed by atoms with Crippen LogP contribution in [0.15, 0.2) is 0 Å². The second kappa shape index (κ2) is 5.35. The number of carbonyl (C=O) groups is 1. The summed E-state index contributed by atoms with van der Waals surface area (Å²) in [5.74, 6) is -0.782. The maximum atomic E-state index is 11.2. The average molecular weight is 188 g/mol. The van der Waals surface area contributed by atoms with Crippen LogP contribution in [0, 0.1) is 11.8 Å².